The van der Waals surface area contributed by atoms with Gasteiger partial charge in [0.1, 0.15) is 18.5 Å². The molecule has 31 heavy (non-hydrogen) atoms. The number of hydrogen-bond acceptors (Lipinski definition) is 4. The summed E-state index contributed by atoms with van der Waals surface area (Å²) >= 11 is 0. The Morgan fingerprint density at radius 3 is 2.19 bits per heavy atom. The van der Waals surface area contributed by atoms with Crippen LogP contribution in [-0.2, 0) is 20.2 Å². The van der Waals surface area contributed by atoms with E-state index in [1.54, 1.807) is 42.5 Å². The standard InChI is InChI=1S/C25H27NO4S/c1-25(2,3)19-12-14-24(15-13-19)31(27,28)26(20-8-5-4-6-9-20)21-10-7-11-22(16-21)29-17-23-18-30-23/h4-16,23H,17-18H2,1-3H3. The number of epoxide rings is 1. The van der Waals surface area contributed by atoms with E-state index >= 15 is 0 Å². The summed E-state index contributed by atoms with van der Waals surface area (Å²) in [5.41, 5.74) is 2.10. The fourth-order valence-electron chi connectivity index (χ4n) is 3.28. The third-order valence-corrected chi connectivity index (χ3v) is 6.91. The molecule has 1 aliphatic heterocycles. The molecule has 5 nitrogen and oxygen atoms in total. The summed E-state index contributed by atoms with van der Waals surface area (Å²) in [6.45, 7) is 7.46. The molecule has 0 bridgehead atoms. The van der Waals surface area contributed by atoms with Crippen LogP contribution < -0.4 is 9.04 Å². The van der Waals surface area contributed by atoms with Gasteiger partial charge in [0.05, 0.1) is 22.9 Å². The van der Waals surface area contributed by atoms with Crippen LogP contribution in [0.4, 0.5) is 11.4 Å². The van der Waals surface area contributed by atoms with Crippen molar-refractivity contribution in [3.05, 3.63) is 84.4 Å². The van der Waals surface area contributed by atoms with Gasteiger partial charge in [0.2, 0.25) is 0 Å². The molecule has 0 aliphatic carbocycles. The van der Waals surface area contributed by atoms with Gasteiger partial charge in [-0.1, -0.05) is 57.2 Å². The van der Waals surface area contributed by atoms with Crippen molar-refractivity contribution in [1.82, 2.24) is 0 Å². The molecule has 0 saturated carbocycles. The van der Waals surface area contributed by atoms with Gasteiger partial charge < -0.3 is 9.47 Å². The van der Waals surface area contributed by atoms with Crippen molar-refractivity contribution in [3.8, 4) is 5.75 Å². The minimum absolute atomic E-state index is 0.0572. The van der Waals surface area contributed by atoms with Gasteiger partial charge in [-0.15, -0.1) is 0 Å². The van der Waals surface area contributed by atoms with Crippen molar-refractivity contribution >= 4 is 21.4 Å². The number of sulfonamides is 1. The van der Waals surface area contributed by atoms with Gasteiger partial charge in [-0.05, 0) is 47.4 Å². The second-order valence-electron chi connectivity index (χ2n) is 8.64. The van der Waals surface area contributed by atoms with Crippen LogP contribution in [0.3, 0.4) is 0 Å². The van der Waals surface area contributed by atoms with Crippen LogP contribution in [0.5, 0.6) is 5.75 Å². The Morgan fingerprint density at radius 2 is 1.58 bits per heavy atom. The van der Waals surface area contributed by atoms with Crippen LogP contribution in [0.2, 0.25) is 0 Å². The van der Waals surface area contributed by atoms with E-state index in [2.05, 4.69) is 20.8 Å². The molecular weight excluding hydrogens is 410 g/mol. The monoisotopic (exact) mass is 437 g/mol. The number of rotatable bonds is 7. The molecule has 3 aromatic carbocycles. The van der Waals surface area contributed by atoms with Crippen molar-refractivity contribution in [2.45, 2.75) is 37.2 Å². The van der Waals surface area contributed by atoms with Gasteiger partial charge in [0.25, 0.3) is 10.0 Å². The van der Waals surface area contributed by atoms with E-state index in [0.29, 0.717) is 30.3 Å². The highest BCUT2D eigenvalue weighted by molar-refractivity contribution is 7.93. The van der Waals surface area contributed by atoms with Crippen molar-refractivity contribution < 1.29 is 17.9 Å². The van der Waals surface area contributed by atoms with Crippen molar-refractivity contribution in [3.63, 3.8) is 0 Å². The second kappa shape index (κ2) is 8.36. The van der Waals surface area contributed by atoms with Crippen LogP contribution in [-0.4, -0.2) is 27.7 Å². The Labute approximate surface area is 184 Å². The Bertz CT molecular complexity index is 1130. The fraction of sp³-hybridized carbons (Fsp3) is 0.280. The maximum Gasteiger partial charge on any atom is 0.268 e. The Hall–Kier alpha value is -2.83. The van der Waals surface area contributed by atoms with E-state index in [0.717, 1.165) is 5.56 Å². The molecule has 1 saturated heterocycles. The van der Waals surface area contributed by atoms with E-state index in [4.69, 9.17) is 9.47 Å². The van der Waals surface area contributed by atoms with Crippen molar-refractivity contribution in [1.29, 1.82) is 0 Å². The summed E-state index contributed by atoms with van der Waals surface area (Å²) in [5, 5.41) is 0. The fourth-order valence-corrected chi connectivity index (χ4v) is 4.76. The van der Waals surface area contributed by atoms with Crippen molar-refractivity contribution in [2.75, 3.05) is 17.5 Å². The molecule has 4 rings (SSSR count). The topological polar surface area (TPSA) is 59.1 Å². The first-order chi connectivity index (χ1) is 14.7. The molecule has 1 heterocycles. The average molecular weight is 438 g/mol. The van der Waals surface area contributed by atoms with E-state index in [1.807, 2.05) is 36.4 Å². The minimum atomic E-state index is -3.85. The highest BCUT2D eigenvalue weighted by Crippen LogP contribution is 2.35. The summed E-state index contributed by atoms with van der Waals surface area (Å²) in [7, 11) is -3.85. The molecule has 1 unspecified atom stereocenters. The van der Waals surface area contributed by atoms with Gasteiger partial charge in [-0.2, -0.15) is 0 Å². The third kappa shape index (κ3) is 4.92. The number of nitrogens with zero attached hydrogens (tertiary/aromatic N) is 1. The van der Waals surface area contributed by atoms with Gasteiger partial charge in [-0.25, -0.2) is 12.7 Å². The second-order valence-corrected chi connectivity index (χ2v) is 10.4. The Kier molecular flexibility index (Phi) is 5.77. The van der Waals surface area contributed by atoms with E-state index in [9.17, 15) is 8.42 Å². The maximum atomic E-state index is 13.7. The molecule has 1 atom stereocenters. The molecule has 162 valence electrons. The van der Waals surface area contributed by atoms with Gasteiger partial charge >= 0.3 is 0 Å². The number of hydrogen-bond donors (Lipinski definition) is 0. The molecule has 1 aliphatic rings. The van der Waals surface area contributed by atoms with Crippen LogP contribution in [0, 0.1) is 0 Å². The van der Waals surface area contributed by atoms with E-state index in [-0.39, 0.29) is 16.4 Å². The number of benzene rings is 3. The molecular formula is C25H27NO4S. The molecule has 0 N–H and O–H groups in total. The first kappa shape index (κ1) is 21.4. The lowest BCUT2D eigenvalue weighted by Crippen LogP contribution is -2.26. The summed E-state index contributed by atoms with van der Waals surface area (Å²) in [4.78, 5) is 0.238. The van der Waals surface area contributed by atoms with Gasteiger partial charge in [0, 0.05) is 6.07 Å². The number of anilines is 2. The predicted octanol–water partition coefficient (Wildman–Crippen LogP) is 5.29. The van der Waals surface area contributed by atoms with E-state index in [1.165, 1.54) is 4.31 Å². The first-order valence-corrected chi connectivity index (χ1v) is 11.7. The maximum absolute atomic E-state index is 13.7. The molecule has 0 radical (unpaired) electrons. The van der Waals surface area contributed by atoms with Crippen molar-refractivity contribution in [2.24, 2.45) is 0 Å². The summed E-state index contributed by atoms with van der Waals surface area (Å²) < 4.78 is 39.8. The summed E-state index contributed by atoms with van der Waals surface area (Å²) in [5.74, 6) is 0.604. The van der Waals surface area contributed by atoms with Gasteiger partial charge in [-0.3, -0.25) is 0 Å². The first-order valence-electron chi connectivity index (χ1n) is 10.3. The zero-order valence-corrected chi connectivity index (χ0v) is 18.8. The highest BCUT2D eigenvalue weighted by Gasteiger charge is 2.28. The molecule has 1 fully saturated rings. The zero-order chi connectivity index (χ0) is 22.1. The molecule has 0 amide bonds. The smallest absolute Gasteiger partial charge is 0.268 e. The largest absolute Gasteiger partial charge is 0.491 e. The number of para-hydroxylation sites is 1. The molecule has 6 heteroatoms. The third-order valence-electron chi connectivity index (χ3n) is 5.14. The molecule has 0 aromatic heterocycles. The number of ether oxygens (including phenoxy) is 2. The van der Waals surface area contributed by atoms with Crippen LogP contribution in [0.1, 0.15) is 26.3 Å². The molecule has 3 aromatic rings. The van der Waals surface area contributed by atoms with Gasteiger partial charge in [0.15, 0.2) is 0 Å². The zero-order valence-electron chi connectivity index (χ0n) is 18.0. The Morgan fingerprint density at radius 1 is 0.935 bits per heavy atom. The lowest BCUT2D eigenvalue weighted by Gasteiger charge is -2.26. The van der Waals surface area contributed by atoms with E-state index < -0.39 is 10.0 Å². The average Bonchev–Trinajstić information content (AvgIpc) is 3.57. The minimum Gasteiger partial charge on any atom is -0.491 e. The lowest BCUT2D eigenvalue weighted by atomic mass is 9.87. The summed E-state index contributed by atoms with van der Waals surface area (Å²) in [6, 6.07) is 23.3. The SMILES string of the molecule is CC(C)(C)c1ccc(S(=O)(=O)N(c2ccccc2)c2cccc(OCC3CO3)c2)cc1. The lowest BCUT2D eigenvalue weighted by molar-refractivity contribution is 0.263. The van der Waals surface area contributed by atoms with Crippen LogP contribution >= 0.6 is 0 Å². The quantitative estimate of drug-likeness (QED) is 0.471. The van der Waals surface area contributed by atoms with Crippen LogP contribution in [0.25, 0.3) is 0 Å². The normalized spacial score (nSPS) is 16.0. The summed E-state index contributed by atoms with van der Waals surface area (Å²) in [6.07, 6.45) is 0.124. The highest BCUT2D eigenvalue weighted by atomic mass is 32.2. The Balaban J connectivity index is 1.74. The molecule has 0 spiro atoms. The van der Waals surface area contributed by atoms with Crippen LogP contribution in [0.15, 0.2) is 83.8 Å². The predicted molar refractivity (Wildman–Crippen MR) is 123 cm³/mol.